The number of anilines is 1. The number of rotatable bonds is 3. The van der Waals surface area contributed by atoms with Crippen LogP contribution in [-0.4, -0.2) is 35.3 Å². The van der Waals surface area contributed by atoms with Crippen LogP contribution in [0, 0.1) is 10.1 Å². The van der Waals surface area contributed by atoms with Gasteiger partial charge in [-0.3, -0.25) is 10.1 Å². The number of nitro benzene ring substituents is 1. The third kappa shape index (κ3) is 3.02. The first-order chi connectivity index (χ1) is 8.93. The Bertz CT molecular complexity index is 488. The lowest BCUT2D eigenvalue weighted by atomic mass is 10.0. The first kappa shape index (κ1) is 13.8. The van der Waals surface area contributed by atoms with E-state index in [1.165, 1.54) is 12.1 Å². The monoisotopic (exact) mass is 266 g/mol. The molecule has 0 atom stereocenters. The van der Waals surface area contributed by atoms with Crippen LogP contribution in [0.3, 0.4) is 0 Å². The van der Waals surface area contributed by atoms with Gasteiger partial charge in [-0.1, -0.05) is 0 Å². The fraction of sp³-hybridized carbons (Fsp3) is 0.538. The molecule has 19 heavy (non-hydrogen) atoms. The van der Waals surface area contributed by atoms with Gasteiger partial charge in [-0.15, -0.1) is 0 Å². The van der Waals surface area contributed by atoms with Gasteiger partial charge in [-0.2, -0.15) is 0 Å². The maximum Gasteiger partial charge on any atom is 0.269 e. The molecule has 1 heterocycles. The molecule has 0 spiro atoms. The number of hydrogen-bond acceptors (Lipinski definition) is 5. The number of aliphatic hydroxyl groups is 1. The van der Waals surface area contributed by atoms with E-state index in [1.807, 2.05) is 13.8 Å². The van der Waals surface area contributed by atoms with Crippen LogP contribution in [-0.2, 0) is 11.3 Å². The van der Waals surface area contributed by atoms with Gasteiger partial charge in [0.15, 0.2) is 0 Å². The number of morpholine rings is 1. The predicted octanol–water partition coefficient (Wildman–Crippen LogP) is 1.70. The minimum absolute atomic E-state index is 0.000296. The number of benzene rings is 1. The maximum absolute atomic E-state index is 10.8. The topological polar surface area (TPSA) is 75.8 Å². The van der Waals surface area contributed by atoms with Gasteiger partial charge in [0.1, 0.15) is 0 Å². The van der Waals surface area contributed by atoms with Crippen LogP contribution in [0.15, 0.2) is 18.2 Å². The highest BCUT2D eigenvalue weighted by Gasteiger charge is 2.28. The molecule has 1 aromatic carbocycles. The second kappa shape index (κ2) is 5.14. The van der Waals surface area contributed by atoms with Crippen LogP contribution in [0.1, 0.15) is 19.4 Å². The highest BCUT2D eigenvalue weighted by atomic mass is 16.6. The summed E-state index contributed by atoms with van der Waals surface area (Å²) in [4.78, 5) is 12.4. The Hall–Kier alpha value is -1.66. The van der Waals surface area contributed by atoms with Crippen molar-refractivity contribution < 1.29 is 14.8 Å². The molecule has 1 saturated heterocycles. The van der Waals surface area contributed by atoms with Crippen molar-refractivity contribution in [3.8, 4) is 0 Å². The standard InChI is InChI=1S/C13H18N2O4/c1-13(2)9-14(5-6-19-13)12-4-3-11(15(17)18)7-10(12)8-16/h3-4,7,16H,5-6,8-9H2,1-2H3. The summed E-state index contributed by atoms with van der Waals surface area (Å²) in [5.41, 5.74) is 1.16. The van der Waals surface area contributed by atoms with Crippen LogP contribution in [0.2, 0.25) is 0 Å². The summed E-state index contributed by atoms with van der Waals surface area (Å²) in [5, 5.41) is 20.2. The van der Waals surface area contributed by atoms with Crippen molar-refractivity contribution in [3.05, 3.63) is 33.9 Å². The highest BCUT2D eigenvalue weighted by Crippen LogP contribution is 2.29. The molecule has 1 aliphatic rings. The Labute approximate surface area is 111 Å². The molecule has 0 radical (unpaired) electrons. The first-order valence-electron chi connectivity index (χ1n) is 6.20. The van der Waals surface area contributed by atoms with Gasteiger partial charge in [0.05, 0.1) is 23.7 Å². The van der Waals surface area contributed by atoms with Crippen molar-refractivity contribution in [2.45, 2.75) is 26.1 Å². The van der Waals surface area contributed by atoms with E-state index >= 15 is 0 Å². The summed E-state index contributed by atoms with van der Waals surface area (Å²) in [6, 6.07) is 4.60. The Balaban J connectivity index is 2.31. The van der Waals surface area contributed by atoms with Gasteiger partial charge in [0, 0.05) is 36.5 Å². The van der Waals surface area contributed by atoms with E-state index in [0.29, 0.717) is 25.3 Å². The lowest BCUT2D eigenvalue weighted by Crippen LogP contribution is -2.48. The normalized spacial score (nSPS) is 18.4. The molecule has 0 saturated carbocycles. The van der Waals surface area contributed by atoms with Crippen molar-refractivity contribution in [1.82, 2.24) is 0 Å². The van der Waals surface area contributed by atoms with Gasteiger partial charge in [0.2, 0.25) is 0 Å². The van der Waals surface area contributed by atoms with Crippen LogP contribution in [0.4, 0.5) is 11.4 Å². The third-order valence-corrected chi connectivity index (χ3v) is 3.21. The summed E-state index contributed by atoms with van der Waals surface area (Å²) in [6.45, 7) is 5.81. The minimum Gasteiger partial charge on any atom is -0.392 e. The molecule has 0 bridgehead atoms. The quantitative estimate of drug-likeness (QED) is 0.665. The summed E-state index contributed by atoms with van der Waals surface area (Å²) < 4.78 is 5.64. The second-order valence-electron chi connectivity index (χ2n) is 5.26. The Morgan fingerprint density at radius 3 is 2.84 bits per heavy atom. The van der Waals surface area contributed by atoms with Gasteiger partial charge in [-0.25, -0.2) is 0 Å². The number of ether oxygens (including phenoxy) is 1. The van der Waals surface area contributed by atoms with E-state index in [9.17, 15) is 15.2 Å². The van der Waals surface area contributed by atoms with Crippen LogP contribution < -0.4 is 4.90 Å². The second-order valence-corrected chi connectivity index (χ2v) is 5.26. The van der Waals surface area contributed by atoms with Gasteiger partial charge in [-0.05, 0) is 19.9 Å². The zero-order chi connectivity index (χ0) is 14.0. The largest absolute Gasteiger partial charge is 0.392 e. The highest BCUT2D eigenvalue weighted by molar-refractivity contribution is 5.58. The molecule has 1 N–H and O–H groups in total. The lowest BCUT2D eigenvalue weighted by Gasteiger charge is -2.40. The minimum atomic E-state index is -0.452. The smallest absolute Gasteiger partial charge is 0.269 e. The summed E-state index contributed by atoms with van der Waals surface area (Å²) in [7, 11) is 0. The van der Waals surface area contributed by atoms with E-state index in [0.717, 1.165) is 5.69 Å². The molecule has 1 fully saturated rings. The van der Waals surface area contributed by atoms with E-state index in [1.54, 1.807) is 6.07 Å². The van der Waals surface area contributed by atoms with Crippen LogP contribution >= 0.6 is 0 Å². The lowest BCUT2D eigenvalue weighted by molar-refractivity contribution is -0.384. The Morgan fingerprint density at radius 1 is 1.53 bits per heavy atom. The zero-order valence-corrected chi connectivity index (χ0v) is 11.1. The molecule has 0 unspecified atom stereocenters. The number of hydrogen-bond donors (Lipinski definition) is 1. The van der Waals surface area contributed by atoms with E-state index < -0.39 is 4.92 Å². The predicted molar refractivity (Wildman–Crippen MR) is 71.3 cm³/mol. The molecular formula is C13H18N2O4. The average molecular weight is 266 g/mol. The average Bonchev–Trinajstić information content (AvgIpc) is 2.36. The van der Waals surface area contributed by atoms with Crippen molar-refractivity contribution in [1.29, 1.82) is 0 Å². The maximum atomic E-state index is 10.8. The number of non-ortho nitro benzene ring substituents is 1. The van der Waals surface area contributed by atoms with Crippen LogP contribution in [0.5, 0.6) is 0 Å². The fourth-order valence-corrected chi connectivity index (χ4v) is 2.34. The number of nitro groups is 1. The molecule has 1 aromatic rings. The molecule has 0 aliphatic carbocycles. The molecule has 0 aromatic heterocycles. The molecule has 104 valence electrons. The van der Waals surface area contributed by atoms with Crippen molar-refractivity contribution in [3.63, 3.8) is 0 Å². The van der Waals surface area contributed by atoms with Crippen molar-refractivity contribution in [2.75, 3.05) is 24.6 Å². The van der Waals surface area contributed by atoms with Gasteiger partial charge in [0.25, 0.3) is 5.69 Å². The first-order valence-corrected chi connectivity index (χ1v) is 6.20. The molecule has 1 aliphatic heterocycles. The fourth-order valence-electron chi connectivity index (χ4n) is 2.34. The van der Waals surface area contributed by atoms with Gasteiger partial charge < -0.3 is 14.7 Å². The molecule has 6 heteroatoms. The third-order valence-electron chi connectivity index (χ3n) is 3.21. The van der Waals surface area contributed by atoms with Crippen LogP contribution in [0.25, 0.3) is 0 Å². The molecule has 6 nitrogen and oxygen atoms in total. The van der Waals surface area contributed by atoms with E-state index in [-0.39, 0.29) is 17.9 Å². The summed E-state index contributed by atoms with van der Waals surface area (Å²) in [6.07, 6.45) is 0. The molecular weight excluding hydrogens is 248 g/mol. The zero-order valence-electron chi connectivity index (χ0n) is 11.1. The van der Waals surface area contributed by atoms with E-state index in [4.69, 9.17) is 4.74 Å². The molecule has 2 rings (SSSR count). The molecule has 0 amide bonds. The SMILES string of the molecule is CC1(C)CN(c2ccc([N+](=O)[O-])cc2CO)CCO1. The van der Waals surface area contributed by atoms with Crippen molar-refractivity contribution >= 4 is 11.4 Å². The Kier molecular flexibility index (Phi) is 3.73. The van der Waals surface area contributed by atoms with Crippen molar-refractivity contribution in [2.24, 2.45) is 0 Å². The number of aliphatic hydroxyl groups excluding tert-OH is 1. The van der Waals surface area contributed by atoms with E-state index in [2.05, 4.69) is 4.90 Å². The van der Waals surface area contributed by atoms with Gasteiger partial charge >= 0.3 is 0 Å². The Morgan fingerprint density at radius 2 is 2.26 bits per heavy atom. The summed E-state index contributed by atoms with van der Waals surface area (Å²) >= 11 is 0. The summed E-state index contributed by atoms with van der Waals surface area (Å²) in [5.74, 6) is 0. The number of nitrogens with zero attached hydrogens (tertiary/aromatic N) is 2.